The number of sulfonamides is 1. The number of rotatable bonds is 4. The summed E-state index contributed by atoms with van der Waals surface area (Å²) in [5.74, 6) is -0.0577. The predicted molar refractivity (Wildman–Crippen MR) is 103 cm³/mol. The summed E-state index contributed by atoms with van der Waals surface area (Å²) in [5.41, 5.74) is 2.63. The van der Waals surface area contributed by atoms with Gasteiger partial charge in [-0.3, -0.25) is 4.79 Å². The number of amides is 1. The molecule has 1 aliphatic heterocycles. The van der Waals surface area contributed by atoms with Gasteiger partial charge in [0.2, 0.25) is 10.0 Å². The lowest BCUT2D eigenvalue weighted by Crippen LogP contribution is -2.50. The minimum atomic E-state index is -3.38. The smallest absolute Gasteiger partial charge is 0.265 e. The average Bonchev–Trinajstić information content (AvgIpc) is 2.94. The number of hydrogen-bond acceptors (Lipinski definition) is 5. The molecule has 1 amide bonds. The van der Waals surface area contributed by atoms with Crippen LogP contribution in [-0.4, -0.2) is 54.7 Å². The van der Waals surface area contributed by atoms with Crippen LogP contribution in [0.4, 0.5) is 0 Å². The van der Waals surface area contributed by atoms with E-state index in [1.54, 1.807) is 4.90 Å². The largest absolute Gasteiger partial charge is 0.335 e. The number of benzene rings is 1. The van der Waals surface area contributed by atoms with Crippen molar-refractivity contribution in [3.63, 3.8) is 0 Å². The minimum absolute atomic E-state index is 0.00558. The molecule has 140 valence electrons. The molecule has 0 spiro atoms. The Balaban J connectivity index is 1.63. The highest BCUT2D eigenvalue weighted by Gasteiger charge is 2.30. The van der Waals surface area contributed by atoms with Crippen LogP contribution in [0.25, 0.3) is 0 Å². The summed E-state index contributed by atoms with van der Waals surface area (Å²) in [4.78, 5) is 19.3. The van der Waals surface area contributed by atoms with E-state index < -0.39 is 10.0 Å². The van der Waals surface area contributed by atoms with Gasteiger partial charge in [-0.2, -0.15) is 4.31 Å². The van der Waals surface area contributed by atoms with Crippen molar-refractivity contribution in [3.8, 4) is 0 Å². The maximum Gasteiger partial charge on any atom is 0.265 e. The first-order valence-electron chi connectivity index (χ1n) is 8.53. The van der Waals surface area contributed by atoms with Crippen LogP contribution in [-0.2, 0) is 15.8 Å². The van der Waals surface area contributed by atoms with E-state index in [-0.39, 0.29) is 11.7 Å². The number of hydrogen-bond donors (Lipinski definition) is 0. The first kappa shape index (κ1) is 19.0. The van der Waals surface area contributed by atoms with Crippen LogP contribution in [0.1, 0.15) is 31.5 Å². The van der Waals surface area contributed by atoms with E-state index in [1.807, 2.05) is 45.0 Å². The van der Waals surface area contributed by atoms with E-state index in [4.69, 9.17) is 0 Å². The number of thiazole rings is 1. The molecule has 2 aromatic rings. The number of carbonyl (C=O) groups excluding carboxylic acids is 1. The fourth-order valence-electron chi connectivity index (χ4n) is 3.03. The number of nitrogens with zero attached hydrogens (tertiary/aromatic N) is 3. The fraction of sp³-hybridized carbons (Fsp3) is 0.444. The second-order valence-electron chi connectivity index (χ2n) is 6.58. The van der Waals surface area contributed by atoms with E-state index >= 15 is 0 Å². The summed E-state index contributed by atoms with van der Waals surface area (Å²) in [7, 11) is -3.38. The van der Waals surface area contributed by atoms with Crippen LogP contribution in [0.5, 0.6) is 0 Å². The maximum atomic E-state index is 12.7. The Hall–Kier alpha value is -1.77. The van der Waals surface area contributed by atoms with Gasteiger partial charge in [-0.25, -0.2) is 13.4 Å². The van der Waals surface area contributed by atoms with Gasteiger partial charge in [0.1, 0.15) is 4.88 Å². The van der Waals surface area contributed by atoms with Crippen LogP contribution >= 0.6 is 11.3 Å². The van der Waals surface area contributed by atoms with Crippen molar-refractivity contribution < 1.29 is 13.2 Å². The molecular formula is C18H23N3O3S2. The average molecular weight is 394 g/mol. The second-order valence-corrected chi connectivity index (χ2v) is 9.75. The van der Waals surface area contributed by atoms with Crippen molar-refractivity contribution in [2.24, 2.45) is 0 Å². The Kier molecular flexibility index (Phi) is 5.45. The second kappa shape index (κ2) is 7.46. The van der Waals surface area contributed by atoms with Gasteiger partial charge in [-0.15, -0.1) is 11.3 Å². The first-order valence-corrected chi connectivity index (χ1v) is 11.0. The van der Waals surface area contributed by atoms with Crippen LogP contribution in [0.2, 0.25) is 0 Å². The molecule has 3 rings (SSSR count). The van der Waals surface area contributed by atoms with Crippen molar-refractivity contribution in [1.29, 1.82) is 0 Å². The molecule has 0 bridgehead atoms. The number of aromatic nitrogens is 1. The summed E-state index contributed by atoms with van der Waals surface area (Å²) in [5, 5.41) is 0.866. The molecule has 6 nitrogen and oxygen atoms in total. The number of piperazine rings is 1. The highest BCUT2D eigenvalue weighted by molar-refractivity contribution is 7.88. The van der Waals surface area contributed by atoms with Crippen molar-refractivity contribution in [2.75, 3.05) is 26.2 Å². The van der Waals surface area contributed by atoms with Crippen molar-refractivity contribution in [2.45, 2.75) is 26.5 Å². The Morgan fingerprint density at radius 2 is 1.69 bits per heavy atom. The van der Waals surface area contributed by atoms with Crippen LogP contribution in [0.15, 0.2) is 24.3 Å². The molecule has 1 aromatic carbocycles. The zero-order valence-corrected chi connectivity index (χ0v) is 16.9. The molecule has 0 N–H and O–H groups in total. The van der Waals surface area contributed by atoms with Gasteiger partial charge in [-0.1, -0.05) is 29.8 Å². The topological polar surface area (TPSA) is 70.6 Å². The summed E-state index contributed by atoms with van der Waals surface area (Å²) in [6, 6.07) is 7.53. The molecular weight excluding hydrogens is 370 g/mol. The number of aryl methyl sites for hydroxylation is 3. The van der Waals surface area contributed by atoms with Crippen LogP contribution in [0.3, 0.4) is 0 Å². The van der Waals surface area contributed by atoms with Gasteiger partial charge in [0.25, 0.3) is 5.91 Å². The maximum absolute atomic E-state index is 12.7. The summed E-state index contributed by atoms with van der Waals surface area (Å²) in [6.07, 6.45) is 0. The van der Waals surface area contributed by atoms with Gasteiger partial charge in [0, 0.05) is 26.2 Å². The molecule has 2 heterocycles. The first-order chi connectivity index (χ1) is 12.3. The molecule has 0 unspecified atom stereocenters. The molecule has 1 fully saturated rings. The molecule has 26 heavy (non-hydrogen) atoms. The summed E-state index contributed by atoms with van der Waals surface area (Å²) in [6.45, 7) is 7.15. The Labute approximate surface area is 158 Å². The third kappa shape index (κ3) is 4.13. The van der Waals surface area contributed by atoms with Gasteiger partial charge in [-0.05, 0) is 26.3 Å². The molecule has 0 aliphatic carbocycles. The quantitative estimate of drug-likeness (QED) is 0.800. The Morgan fingerprint density at radius 1 is 1.08 bits per heavy atom. The molecule has 1 aromatic heterocycles. The van der Waals surface area contributed by atoms with Crippen LogP contribution in [0, 0.1) is 20.8 Å². The van der Waals surface area contributed by atoms with Crippen molar-refractivity contribution in [1.82, 2.24) is 14.2 Å². The monoisotopic (exact) mass is 393 g/mol. The fourth-order valence-corrected chi connectivity index (χ4v) is 5.43. The summed E-state index contributed by atoms with van der Waals surface area (Å²) < 4.78 is 26.8. The molecule has 0 saturated carbocycles. The predicted octanol–water partition coefficient (Wildman–Crippen LogP) is 2.36. The lowest BCUT2D eigenvalue weighted by molar-refractivity contribution is 0.0701. The lowest BCUT2D eigenvalue weighted by atomic mass is 10.2. The Morgan fingerprint density at radius 3 is 2.23 bits per heavy atom. The van der Waals surface area contributed by atoms with Gasteiger partial charge >= 0.3 is 0 Å². The van der Waals surface area contributed by atoms with Gasteiger partial charge in [0.05, 0.1) is 16.5 Å². The van der Waals surface area contributed by atoms with E-state index in [2.05, 4.69) is 4.98 Å². The van der Waals surface area contributed by atoms with Crippen LogP contribution < -0.4 is 0 Å². The van der Waals surface area contributed by atoms with Gasteiger partial charge in [0.15, 0.2) is 0 Å². The molecule has 1 aliphatic rings. The van der Waals surface area contributed by atoms with E-state index in [9.17, 15) is 13.2 Å². The zero-order valence-electron chi connectivity index (χ0n) is 15.2. The normalized spacial score (nSPS) is 16.0. The van der Waals surface area contributed by atoms with E-state index in [1.165, 1.54) is 15.6 Å². The van der Waals surface area contributed by atoms with E-state index in [0.29, 0.717) is 31.1 Å². The molecule has 0 atom stereocenters. The third-order valence-corrected chi connectivity index (χ3v) is 7.40. The zero-order chi connectivity index (χ0) is 18.9. The lowest BCUT2D eigenvalue weighted by Gasteiger charge is -2.33. The highest BCUT2D eigenvalue weighted by Crippen LogP contribution is 2.21. The van der Waals surface area contributed by atoms with Gasteiger partial charge < -0.3 is 4.90 Å². The van der Waals surface area contributed by atoms with E-state index in [0.717, 1.165) is 21.8 Å². The van der Waals surface area contributed by atoms with Crippen molar-refractivity contribution in [3.05, 3.63) is 51.0 Å². The summed E-state index contributed by atoms with van der Waals surface area (Å²) >= 11 is 1.39. The molecule has 0 radical (unpaired) electrons. The third-order valence-electron chi connectivity index (χ3n) is 4.49. The standard InChI is InChI=1S/C18H23N3O3S2/c1-13-4-6-16(7-5-13)12-26(23,24)21-10-8-20(9-11-21)18(22)17-14(2)19-15(3)25-17/h4-7H,8-12H2,1-3H3. The van der Waals surface area contributed by atoms with Crippen molar-refractivity contribution >= 4 is 27.3 Å². The number of carbonyl (C=O) groups is 1. The molecule has 8 heteroatoms. The Bertz CT molecular complexity index is 896. The minimum Gasteiger partial charge on any atom is -0.335 e. The molecule has 1 saturated heterocycles. The highest BCUT2D eigenvalue weighted by atomic mass is 32.2. The SMILES string of the molecule is Cc1ccc(CS(=O)(=O)N2CCN(C(=O)c3sc(C)nc3C)CC2)cc1.